The number of rotatable bonds is 6. The molecule has 2 N–H and O–H groups in total. The summed E-state index contributed by atoms with van der Waals surface area (Å²) in [6, 6.07) is 16.9. The van der Waals surface area contributed by atoms with Gasteiger partial charge in [-0.1, -0.05) is 30.3 Å². The van der Waals surface area contributed by atoms with Crippen molar-refractivity contribution in [2.75, 3.05) is 7.05 Å². The van der Waals surface area contributed by atoms with E-state index in [-0.39, 0.29) is 42.4 Å². The van der Waals surface area contributed by atoms with Crippen molar-refractivity contribution < 1.29 is 4.39 Å². The molecule has 0 radical (unpaired) electrons. The van der Waals surface area contributed by atoms with Gasteiger partial charge in [-0.25, -0.2) is 4.39 Å². The van der Waals surface area contributed by atoms with Gasteiger partial charge in [0.25, 0.3) is 0 Å². The third kappa shape index (κ3) is 7.00. The second-order valence-corrected chi connectivity index (χ2v) is 5.91. The Hall–Kier alpha value is -2.14. The van der Waals surface area contributed by atoms with E-state index in [4.69, 9.17) is 5.26 Å². The van der Waals surface area contributed by atoms with E-state index in [1.807, 2.05) is 24.3 Å². The van der Waals surface area contributed by atoms with Crippen molar-refractivity contribution in [3.63, 3.8) is 0 Å². The van der Waals surface area contributed by atoms with E-state index >= 15 is 0 Å². The van der Waals surface area contributed by atoms with E-state index < -0.39 is 0 Å². The van der Waals surface area contributed by atoms with Crippen LogP contribution in [0.15, 0.2) is 53.5 Å². The quantitative estimate of drug-likeness (QED) is 0.385. The molecule has 138 valence electrons. The van der Waals surface area contributed by atoms with Gasteiger partial charge in [-0.15, -0.1) is 24.0 Å². The molecule has 26 heavy (non-hydrogen) atoms. The largest absolute Gasteiger partial charge is 0.354 e. The predicted molar refractivity (Wildman–Crippen MR) is 114 cm³/mol. The summed E-state index contributed by atoms with van der Waals surface area (Å²) in [7, 11) is 1.68. The number of aliphatic imine (C=N–C) groups is 1. The summed E-state index contributed by atoms with van der Waals surface area (Å²) in [6.45, 7) is 2.36. The summed E-state index contributed by atoms with van der Waals surface area (Å²) < 4.78 is 13.8. The van der Waals surface area contributed by atoms with Crippen molar-refractivity contribution in [2.45, 2.75) is 32.4 Å². The summed E-state index contributed by atoms with van der Waals surface area (Å²) >= 11 is 0. The third-order valence-electron chi connectivity index (χ3n) is 3.94. The molecule has 4 nitrogen and oxygen atoms in total. The molecule has 0 spiro atoms. The molecule has 2 aromatic rings. The van der Waals surface area contributed by atoms with Crippen LogP contribution in [0.3, 0.4) is 0 Å². The van der Waals surface area contributed by atoms with E-state index in [0.717, 1.165) is 12.8 Å². The van der Waals surface area contributed by atoms with Gasteiger partial charge in [0.15, 0.2) is 5.96 Å². The summed E-state index contributed by atoms with van der Waals surface area (Å²) in [5, 5.41) is 15.3. The highest BCUT2D eigenvalue weighted by Gasteiger charge is 2.08. The number of nitrogens with one attached hydrogen (secondary N) is 2. The van der Waals surface area contributed by atoms with Crippen LogP contribution in [0.1, 0.15) is 30.0 Å². The Balaban J connectivity index is 0.00000338. The second kappa shape index (κ2) is 11.5. The molecule has 0 saturated carbocycles. The minimum Gasteiger partial charge on any atom is -0.354 e. The molecule has 0 bridgehead atoms. The van der Waals surface area contributed by atoms with Crippen molar-refractivity contribution in [1.82, 2.24) is 10.6 Å². The number of nitriles is 1. The number of guanidine groups is 1. The van der Waals surface area contributed by atoms with E-state index in [1.54, 1.807) is 13.1 Å². The Bertz CT molecular complexity index is 756. The lowest BCUT2D eigenvalue weighted by atomic mass is 10.1. The minimum atomic E-state index is -0.334. The summed E-state index contributed by atoms with van der Waals surface area (Å²) in [4.78, 5) is 4.18. The number of hydrogen-bond donors (Lipinski definition) is 2. The normalized spacial score (nSPS) is 11.8. The van der Waals surface area contributed by atoms with Crippen LogP contribution >= 0.6 is 24.0 Å². The zero-order valence-corrected chi connectivity index (χ0v) is 17.3. The average Bonchev–Trinajstić information content (AvgIpc) is 2.65. The van der Waals surface area contributed by atoms with Crippen LogP contribution in [0.25, 0.3) is 0 Å². The number of nitrogens with zero attached hydrogens (tertiary/aromatic N) is 2. The number of aryl methyl sites for hydroxylation is 1. The summed E-state index contributed by atoms with van der Waals surface area (Å²) in [6.07, 6.45) is 1.94. The molecule has 0 aliphatic heterocycles. The topological polar surface area (TPSA) is 60.2 Å². The molecule has 0 heterocycles. The van der Waals surface area contributed by atoms with Crippen LogP contribution in [0.4, 0.5) is 4.39 Å². The van der Waals surface area contributed by atoms with Crippen molar-refractivity contribution in [3.8, 4) is 6.07 Å². The lowest BCUT2D eigenvalue weighted by Gasteiger charge is -2.18. The van der Waals surface area contributed by atoms with Crippen molar-refractivity contribution >= 4 is 29.9 Å². The van der Waals surface area contributed by atoms with Gasteiger partial charge in [0.1, 0.15) is 5.82 Å². The van der Waals surface area contributed by atoms with Crippen LogP contribution in [0.2, 0.25) is 0 Å². The van der Waals surface area contributed by atoms with Gasteiger partial charge in [0.2, 0.25) is 0 Å². The Labute approximate surface area is 171 Å². The molecule has 0 aliphatic carbocycles. The molecule has 1 atom stereocenters. The highest BCUT2D eigenvalue weighted by atomic mass is 127. The lowest BCUT2D eigenvalue weighted by molar-refractivity contribution is 0.584. The van der Waals surface area contributed by atoms with E-state index in [1.165, 1.54) is 17.7 Å². The minimum absolute atomic E-state index is 0. The Morgan fingerprint density at radius 1 is 1.23 bits per heavy atom. The highest BCUT2D eigenvalue weighted by Crippen LogP contribution is 2.10. The van der Waals surface area contributed by atoms with Gasteiger partial charge in [0, 0.05) is 25.2 Å². The molecule has 0 aromatic heterocycles. The van der Waals surface area contributed by atoms with Crippen LogP contribution in [0.5, 0.6) is 0 Å². The standard InChI is InChI=1S/C20H23FN4.HI/c1-15(8-9-16-6-4-3-5-7-16)25-20(23-2)24-14-18-12-17(13-22)10-11-19(18)21;/h3-7,10-12,15H,8-9,14H2,1-2H3,(H2,23,24,25);1H. The molecule has 2 aromatic carbocycles. The monoisotopic (exact) mass is 466 g/mol. The molecule has 0 amide bonds. The van der Waals surface area contributed by atoms with Gasteiger partial charge in [-0.2, -0.15) is 5.26 Å². The van der Waals surface area contributed by atoms with Crippen molar-refractivity contribution in [2.24, 2.45) is 4.99 Å². The fourth-order valence-corrected chi connectivity index (χ4v) is 2.49. The van der Waals surface area contributed by atoms with Crippen molar-refractivity contribution in [3.05, 3.63) is 71.0 Å². The fourth-order valence-electron chi connectivity index (χ4n) is 2.49. The van der Waals surface area contributed by atoms with Gasteiger partial charge in [-0.3, -0.25) is 4.99 Å². The second-order valence-electron chi connectivity index (χ2n) is 5.91. The zero-order valence-electron chi connectivity index (χ0n) is 15.0. The van der Waals surface area contributed by atoms with Gasteiger partial charge in [-0.05, 0) is 43.5 Å². The SMILES string of the molecule is CN=C(NCc1cc(C#N)ccc1F)NC(C)CCc1ccccc1.I. The van der Waals surface area contributed by atoms with Gasteiger partial charge < -0.3 is 10.6 Å². The van der Waals surface area contributed by atoms with Crippen molar-refractivity contribution in [1.29, 1.82) is 5.26 Å². The summed E-state index contributed by atoms with van der Waals surface area (Å²) in [5.41, 5.74) is 2.19. The first-order chi connectivity index (χ1) is 12.1. The van der Waals surface area contributed by atoms with Crippen LogP contribution in [-0.2, 0) is 13.0 Å². The first-order valence-corrected chi connectivity index (χ1v) is 8.32. The maximum atomic E-state index is 13.8. The number of halogens is 2. The molecule has 0 saturated heterocycles. The molecule has 1 unspecified atom stereocenters. The molecule has 0 aliphatic rings. The molecule has 6 heteroatoms. The smallest absolute Gasteiger partial charge is 0.191 e. The maximum Gasteiger partial charge on any atom is 0.191 e. The first-order valence-electron chi connectivity index (χ1n) is 8.32. The van der Waals surface area contributed by atoms with Crippen LogP contribution < -0.4 is 10.6 Å². The molecular formula is C20H24FIN4. The Kier molecular flexibility index (Phi) is 9.66. The molecule has 0 fully saturated rings. The van der Waals surface area contributed by atoms with Crippen LogP contribution in [0, 0.1) is 17.1 Å². The first kappa shape index (κ1) is 21.9. The molecular weight excluding hydrogens is 442 g/mol. The summed E-state index contributed by atoms with van der Waals surface area (Å²) in [5.74, 6) is 0.279. The maximum absolute atomic E-state index is 13.8. The number of hydrogen-bond acceptors (Lipinski definition) is 2. The predicted octanol–water partition coefficient (Wildman–Crippen LogP) is 4.00. The van der Waals surface area contributed by atoms with E-state index in [2.05, 4.69) is 34.7 Å². The highest BCUT2D eigenvalue weighted by molar-refractivity contribution is 14.0. The van der Waals surface area contributed by atoms with Gasteiger partial charge in [0.05, 0.1) is 11.6 Å². The van der Waals surface area contributed by atoms with Crippen LogP contribution in [-0.4, -0.2) is 19.0 Å². The number of benzene rings is 2. The fraction of sp³-hybridized carbons (Fsp3) is 0.300. The lowest BCUT2D eigenvalue weighted by Crippen LogP contribution is -2.42. The Morgan fingerprint density at radius 3 is 2.62 bits per heavy atom. The van der Waals surface area contributed by atoms with E-state index in [0.29, 0.717) is 17.1 Å². The van der Waals surface area contributed by atoms with E-state index in [9.17, 15) is 4.39 Å². The molecule has 2 rings (SSSR count). The zero-order chi connectivity index (χ0) is 18.1. The average molecular weight is 466 g/mol. The van der Waals surface area contributed by atoms with Gasteiger partial charge >= 0.3 is 0 Å². The Morgan fingerprint density at radius 2 is 1.96 bits per heavy atom. The third-order valence-corrected chi connectivity index (χ3v) is 3.94.